The Balaban J connectivity index is 1.47. The minimum atomic E-state index is 0.286. The minimum Gasteiger partial charge on any atom is -0.366 e. The average molecular weight is 404 g/mol. The standard InChI is InChI=1S/C29H25NO/c1-20-12-14-24(30(22-8-4-2-5-9-22)23-10-6-3-7-11-23)19-26(20)21-13-15-25-27(18-21)29-17-16-28(25)31-29/h2-15,18-19,28-29H,16-17H2,1H3. The Bertz CT molecular complexity index is 1190. The number of fused-ring (bicyclic) bond motifs is 5. The predicted molar refractivity (Wildman–Crippen MR) is 127 cm³/mol. The number of aryl methyl sites for hydroxylation is 1. The fourth-order valence-electron chi connectivity index (χ4n) is 5.07. The summed E-state index contributed by atoms with van der Waals surface area (Å²) < 4.78 is 6.13. The lowest BCUT2D eigenvalue weighted by Crippen LogP contribution is -2.10. The molecule has 0 radical (unpaired) electrons. The zero-order chi connectivity index (χ0) is 20.8. The lowest BCUT2D eigenvalue weighted by Gasteiger charge is -2.26. The zero-order valence-electron chi connectivity index (χ0n) is 17.7. The molecule has 4 aromatic carbocycles. The van der Waals surface area contributed by atoms with Gasteiger partial charge in [-0.25, -0.2) is 0 Å². The summed E-state index contributed by atoms with van der Waals surface area (Å²) in [7, 11) is 0. The maximum Gasteiger partial charge on any atom is 0.0838 e. The van der Waals surface area contributed by atoms with E-state index in [4.69, 9.17) is 4.74 Å². The SMILES string of the molecule is Cc1ccc(N(c2ccccc2)c2ccccc2)cc1-c1ccc2c(c1)C1CCC2O1. The highest BCUT2D eigenvalue weighted by Crippen LogP contribution is 2.51. The van der Waals surface area contributed by atoms with Gasteiger partial charge in [-0.05, 0) is 90.0 Å². The number of hydrogen-bond donors (Lipinski definition) is 0. The van der Waals surface area contributed by atoms with Crippen LogP contribution in [0.1, 0.15) is 41.7 Å². The zero-order valence-corrected chi connectivity index (χ0v) is 17.7. The van der Waals surface area contributed by atoms with Gasteiger partial charge in [0.05, 0.1) is 12.2 Å². The quantitative estimate of drug-likeness (QED) is 0.342. The van der Waals surface area contributed by atoms with Crippen LogP contribution >= 0.6 is 0 Å². The van der Waals surface area contributed by atoms with Gasteiger partial charge in [0.1, 0.15) is 0 Å². The molecule has 0 aliphatic carbocycles. The molecule has 2 heterocycles. The van der Waals surface area contributed by atoms with Gasteiger partial charge in [-0.3, -0.25) is 0 Å². The van der Waals surface area contributed by atoms with Crippen molar-refractivity contribution in [2.24, 2.45) is 0 Å². The van der Waals surface area contributed by atoms with Crippen LogP contribution in [0.3, 0.4) is 0 Å². The van der Waals surface area contributed by atoms with Gasteiger partial charge in [0, 0.05) is 17.1 Å². The molecule has 6 rings (SSSR count). The van der Waals surface area contributed by atoms with Crippen molar-refractivity contribution in [3.8, 4) is 11.1 Å². The molecule has 0 spiro atoms. The summed E-state index contributed by atoms with van der Waals surface area (Å²) in [5.74, 6) is 0. The second-order valence-corrected chi connectivity index (χ2v) is 8.54. The summed E-state index contributed by atoms with van der Waals surface area (Å²) >= 11 is 0. The first-order valence-corrected chi connectivity index (χ1v) is 11.1. The van der Waals surface area contributed by atoms with Crippen molar-refractivity contribution in [1.29, 1.82) is 0 Å². The largest absolute Gasteiger partial charge is 0.366 e. The maximum absolute atomic E-state index is 6.13. The fourth-order valence-corrected chi connectivity index (χ4v) is 5.07. The third kappa shape index (κ3) is 3.15. The van der Waals surface area contributed by atoms with E-state index in [2.05, 4.69) is 109 Å². The van der Waals surface area contributed by atoms with Crippen LogP contribution in [0.15, 0.2) is 97.1 Å². The molecule has 2 aliphatic heterocycles. The molecule has 152 valence electrons. The Morgan fingerprint density at radius 3 is 1.97 bits per heavy atom. The lowest BCUT2D eigenvalue weighted by molar-refractivity contribution is 0.0717. The normalized spacial score (nSPS) is 18.7. The van der Waals surface area contributed by atoms with Crippen molar-refractivity contribution in [2.75, 3.05) is 4.90 Å². The van der Waals surface area contributed by atoms with E-state index in [0.717, 1.165) is 29.9 Å². The van der Waals surface area contributed by atoms with E-state index in [0.29, 0.717) is 6.10 Å². The second kappa shape index (κ2) is 7.40. The molecule has 2 nitrogen and oxygen atoms in total. The molecule has 4 aromatic rings. The number of benzene rings is 4. The molecule has 0 aromatic heterocycles. The molecule has 2 atom stereocenters. The molecule has 2 bridgehead atoms. The van der Waals surface area contributed by atoms with Crippen molar-refractivity contribution in [3.05, 3.63) is 114 Å². The van der Waals surface area contributed by atoms with E-state index in [1.807, 2.05) is 0 Å². The molecule has 0 saturated carbocycles. The van der Waals surface area contributed by atoms with Crippen LogP contribution in [-0.2, 0) is 4.74 Å². The van der Waals surface area contributed by atoms with Crippen molar-refractivity contribution in [1.82, 2.24) is 0 Å². The smallest absolute Gasteiger partial charge is 0.0838 e. The van der Waals surface area contributed by atoms with Crippen LogP contribution in [-0.4, -0.2) is 0 Å². The highest BCUT2D eigenvalue weighted by molar-refractivity contribution is 5.81. The van der Waals surface area contributed by atoms with Gasteiger partial charge in [-0.1, -0.05) is 54.6 Å². The van der Waals surface area contributed by atoms with Gasteiger partial charge >= 0.3 is 0 Å². The highest BCUT2D eigenvalue weighted by Gasteiger charge is 2.37. The van der Waals surface area contributed by atoms with E-state index in [-0.39, 0.29) is 6.10 Å². The predicted octanol–water partition coefficient (Wildman–Crippen LogP) is 8.04. The summed E-state index contributed by atoms with van der Waals surface area (Å²) in [5.41, 5.74) is 10.1. The van der Waals surface area contributed by atoms with Crippen LogP contribution in [0.5, 0.6) is 0 Å². The van der Waals surface area contributed by atoms with Gasteiger partial charge in [0.25, 0.3) is 0 Å². The summed E-state index contributed by atoms with van der Waals surface area (Å²) in [5, 5.41) is 0. The Labute approximate surface area is 183 Å². The molecule has 0 N–H and O–H groups in total. The number of ether oxygens (including phenoxy) is 1. The Hall–Kier alpha value is -3.36. The van der Waals surface area contributed by atoms with Crippen LogP contribution < -0.4 is 4.90 Å². The first-order valence-electron chi connectivity index (χ1n) is 11.1. The van der Waals surface area contributed by atoms with Crippen molar-refractivity contribution >= 4 is 17.1 Å². The van der Waals surface area contributed by atoms with Crippen molar-refractivity contribution < 1.29 is 4.74 Å². The second-order valence-electron chi connectivity index (χ2n) is 8.54. The van der Waals surface area contributed by atoms with Crippen molar-refractivity contribution in [3.63, 3.8) is 0 Å². The van der Waals surface area contributed by atoms with E-state index < -0.39 is 0 Å². The molecule has 0 amide bonds. The Morgan fingerprint density at radius 2 is 1.29 bits per heavy atom. The molecule has 1 fully saturated rings. The molecule has 31 heavy (non-hydrogen) atoms. The number of nitrogens with zero attached hydrogens (tertiary/aromatic N) is 1. The number of rotatable bonds is 4. The molecule has 2 unspecified atom stereocenters. The highest BCUT2D eigenvalue weighted by atomic mass is 16.5. The van der Waals surface area contributed by atoms with Crippen molar-refractivity contribution in [2.45, 2.75) is 32.0 Å². The van der Waals surface area contributed by atoms with E-state index in [1.165, 1.54) is 27.8 Å². The van der Waals surface area contributed by atoms with E-state index in [1.54, 1.807) is 0 Å². The molecule has 2 aliphatic rings. The van der Waals surface area contributed by atoms with E-state index in [9.17, 15) is 0 Å². The van der Waals surface area contributed by atoms with Crippen LogP contribution in [0.25, 0.3) is 11.1 Å². The Kier molecular flexibility index (Phi) is 4.40. The summed E-state index contributed by atoms with van der Waals surface area (Å²) in [4.78, 5) is 2.32. The van der Waals surface area contributed by atoms with Gasteiger partial charge < -0.3 is 9.64 Å². The van der Waals surface area contributed by atoms with Gasteiger partial charge in [0.2, 0.25) is 0 Å². The van der Waals surface area contributed by atoms with Crippen LogP contribution in [0.4, 0.5) is 17.1 Å². The van der Waals surface area contributed by atoms with Crippen LogP contribution in [0, 0.1) is 6.92 Å². The summed E-state index contributed by atoms with van der Waals surface area (Å²) in [6.07, 6.45) is 2.91. The monoisotopic (exact) mass is 403 g/mol. The molecular weight excluding hydrogens is 378 g/mol. The molecule has 1 saturated heterocycles. The minimum absolute atomic E-state index is 0.286. The van der Waals surface area contributed by atoms with Gasteiger partial charge in [-0.15, -0.1) is 0 Å². The molecule has 2 heteroatoms. The van der Waals surface area contributed by atoms with Gasteiger partial charge in [0.15, 0.2) is 0 Å². The molecular formula is C29H25NO. The average Bonchev–Trinajstić information content (AvgIpc) is 3.44. The first kappa shape index (κ1) is 18.4. The third-order valence-electron chi connectivity index (χ3n) is 6.62. The third-order valence-corrected chi connectivity index (χ3v) is 6.62. The topological polar surface area (TPSA) is 12.5 Å². The maximum atomic E-state index is 6.13. The number of hydrogen-bond acceptors (Lipinski definition) is 2. The first-order chi connectivity index (χ1) is 15.3. The Morgan fingerprint density at radius 1 is 0.645 bits per heavy atom. The summed E-state index contributed by atoms with van der Waals surface area (Å²) in [6, 6.07) is 34.8. The van der Waals surface area contributed by atoms with E-state index >= 15 is 0 Å². The number of anilines is 3. The van der Waals surface area contributed by atoms with Crippen LogP contribution in [0.2, 0.25) is 0 Å². The fraction of sp³-hybridized carbons (Fsp3) is 0.172. The van der Waals surface area contributed by atoms with Gasteiger partial charge in [-0.2, -0.15) is 0 Å². The lowest BCUT2D eigenvalue weighted by atomic mass is 9.88. The summed E-state index contributed by atoms with van der Waals surface area (Å²) in [6.45, 7) is 2.20. The number of para-hydroxylation sites is 2.